The van der Waals surface area contributed by atoms with E-state index in [4.69, 9.17) is 0 Å². The lowest BCUT2D eigenvalue weighted by atomic mass is 9.80. The van der Waals surface area contributed by atoms with E-state index in [0.717, 1.165) is 29.8 Å². The number of hydrogen-bond acceptors (Lipinski definition) is 2. The normalized spacial score (nSPS) is 23.2. The van der Waals surface area contributed by atoms with Crippen molar-refractivity contribution in [2.75, 3.05) is 0 Å². The van der Waals surface area contributed by atoms with Crippen LogP contribution in [0, 0.1) is 5.92 Å². The molecular formula is C14H19NO2. The van der Waals surface area contributed by atoms with E-state index in [1.165, 1.54) is 0 Å². The van der Waals surface area contributed by atoms with E-state index in [1.54, 1.807) is 0 Å². The summed E-state index contributed by atoms with van der Waals surface area (Å²) >= 11 is 0. The molecule has 0 saturated carbocycles. The molecule has 0 amide bonds. The lowest BCUT2D eigenvalue weighted by molar-refractivity contribution is 0.0695. The summed E-state index contributed by atoms with van der Waals surface area (Å²) in [5.41, 5.74) is 3.35. The molecule has 0 saturated heterocycles. The zero-order valence-corrected chi connectivity index (χ0v) is 10.7. The zero-order chi connectivity index (χ0) is 12.6. The van der Waals surface area contributed by atoms with Crippen LogP contribution >= 0.6 is 0 Å². The predicted octanol–water partition coefficient (Wildman–Crippen LogP) is 3.03. The van der Waals surface area contributed by atoms with E-state index in [0.29, 0.717) is 23.8 Å². The number of fused-ring (bicyclic) bond motifs is 1. The fraction of sp³-hybridized carbons (Fsp3) is 0.571. The van der Waals surface area contributed by atoms with Crippen molar-refractivity contribution in [2.24, 2.45) is 5.92 Å². The molecule has 0 radical (unpaired) electrons. The SMILES string of the molecule is CCc1nc2c(cc1C(=O)O)C(C)CC(C)C2. The predicted molar refractivity (Wildman–Crippen MR) is 66.5 cm³/mol. The molecule has 0 aromatic carbocycles. The molecule has 0 spiro atoms. The molecule has 1 aliphatic carbocycles. The fourth-order valence-electron chi connectivity index (χ4n) is 2.80. The smallest absolute Gasteiger partial charge is 0.337 e. The van der Waals surface area contributed by atoms with Gasteiger partial charge in [0.1, 0.15) is 0 Å². The number of aromatic carboxylic acids is 1. The molecule has 2 rings (SSSR count). The Bertz CT molecular complexity index is 454. The van der Waals surface area contributed by atoms with Gasteiger partial charge < -0.3 is 5.11 Å². The molecule has 0 bridgehead atoms. The average molecular weight is 233 g/mol. The first-order chi connectivity index (χ1) is 8.02. The van der Waals surface area contributed by atoms with Gasteiger partial charge in [-0.15, -0.1) is 0 Å². The second kappa shape index (κ2) is 4.47. The molecule has 1 aliphatic rings. The van der Waals surface area contributed by atoms with Crippen molar-refractivity contribution in [1.29, 1.82) is 0 Å². The Morgan fingerprint density at radius 2 is 2.24 bits per heavy atom. The van der Waals surface area contributed by atoms with Gasteiger partial charge in [-0.2, -0.15) is 0 Å². The van der Waals surface area contributed by atoms with Gasteiger partial charge in [0.15, 0.2) is 0 Å². The van der Waals surface area contributed by atoms with Crippen LogP contribution < -0.4 is 0 Å². The second-order valence-electron chi connectivity index (χ2n) is 5.12. The van der Waals surface area contributed by atoms with Gasteiger partial charge in [-0.05, 0) is 42.7 Å². The summed E-state index contributed by atoms with van der Waals surface area (Å²) in [5.74, 6) is 0.207. The van der Waals surface area contributed by atoms with E-state index in [-0.39, 0.29) is 0 Å². The fourth-order valence-corrected chi connectivity index (χ4v) is 2.80. The summed E-state index contributed by atoms with van der Waals surface area (Å²) in [5, 5.41) is 9.20. The number of hydrogen-bond donors (Lipinski definition) is 1. The van der Waals surface area contributed by atoms with Crippen LogP contribution in [0.1, 0.15) is 60.4 Å². The average Bonchev–Trinajstić information content (AvgIpc) is 2.26. The zero-order valence-electron chi connectivity index (χ0n) is 10.7. The molecule has 2 atom stereocenters. The third-order valence-corrected chi connectivity index (χ3v) is 3.61. The minimum absolute atomic E-state index is 0.382. The van der Waals surface area contributed by atoms with E-state index in [1.807, 2.05) is 13.0 Å². The highest BCUT2D eigenvalue weighted by Crippen LogP contribution is 2.34. The summed E-state index contributed by atoms with van der Waals surface area (Å²) in [7, 11) is 0. The topological polar surface area (TPSA) is 50.2 Å². The molecule has 1 heterocycles. The van der Waals surface area contributed by atoms with Gasteiger partial charge in [0.2, 0.25) is 0 Å². The number of aromatic nitrogens is 1. The number of rotatable bonds is 2. The maximum absolute atomic E-state index is 11.2. The number of carbonyl (C=O) groups is 1. The van der Waals surface area contributed by atoms with E-state index < -0.39 is 5.97 Å². The third-order valence-electron chi connectivity index (χ3n) is 3.61. The van der Waals surface area contributed by atoms with Crippen LogP contribution in [0.2, 0.25) is 0 Å². The molecule has 1 aromatic rings. The quantitative estimate of drug-likeness (QED) is 0.854. The van der Waals surface area contributed by atoms with Gasteiger partial charge >= 0.3 is 5.97 Å². The highest BCUT2D eigenvalue weighted by molar-refractivity contribution is 5.89. The van der Waals surface area contributed by atoms with Crippen molar-refractivity contribution >= 4 is 5.97 Å². The van der Waals surface area contributed by atoms with E-state index >= 15 is 0 Å². The van der Waals surface area contributed by atoms with Crippen LogP contribution in [0.25, 0.3) is 0 Å². The molecule has 1 aromatic heterocycles. The number of pyridine rings is 1. The Balaban J connectivity index is 2.54. The Hall–Kier alpha value is -1.38. The lowest BCUT2D eigenvalue weighted by Gasteiger charge is -2.27. The molecule has 3 heteroatoms. The van der Waals surface area contributed by atoms with Gasteiger partial charge in [0.05, 0.1) is 11.3 Å². The van der Waals surface area contributed by atoms with Crippen molar-refractivity contribution in [2.45, 2.75) is 46.0 Å². The number of carboxylic acids is 1. The summed E-state index contributed by atoms with van der Waals surface area (Å²) in [6.45, 7) is 6.35. The Labute approximate surface area is 102 Å². The first kappa shape index (κ1) is 12.1. The number of carboxylic acid groups (broad SMARTS) is 1. The Morgan fingerprint density at radius 1 is 1.53 bits per heavy atom. The molecule has 0 aliphatic heterocycles. The first-order valence-electron chi connectivity index (χ1n) is 6.28. The van der Waals surface area contributed by atoms with Crippen molar-refractivity contribution < 1.29 is 9.90 Å². The number of nitrogens with zero attached hydrogens (tertiary/aromatic N) is 1. The largest absolute Gasteiger partial charge is 0.478 e. The molecule has 2 unspecified atom stereocenters. The third kappa shape index (κ3) is 2.19. The van der Waals surface area contributed by atoms with Crippen LogP contribution in [0.3, 0.4) is 0 Å². The van der Waals surface area contributed by atoms with E-state index in [9.17, 15) is 9.90 Å². The monoisotopic (exact) mass is 233 g/mol. The second-order valence-corrected chi connectivity index (χ2v) is 5.12. The Kier molecular flexibility index (Phi) is 3.18. The van der Waals surface area contributed by atoms with Crippen molar-refractivity contribution in [3.63, 3.8) is 0 Å². The maximum Gasteiger partial charge on any atom is 0.337 e. The van der Waals surface area contributed by atoms with Crippen LogP contribution in [-0.2, 0) is 12.8 Å². The molecule has 0 fully saturated rings. The van der Waals surface area contributed by atoms with Crippen LogP contribution in [-0.4, -0.2) is 16.1 Å². The van der Waals surface area contributed by atoms with E-state index in [2.05, 4.69) is 18.8 Å². The summed E-state index contributed by atoms with van der Waals surface area (Å²) < 4.78 is 0. The summed E-state index contributed by atoms with van der Waals surface area (Å²) in [6.07, 6.45) is 2.78. The van der Waals surface area contributed by atoms with Crippen molar-refractivity contribution in [3.8, 4) is 0 Å². The summed E-state index contributed by atoms with van der Waals surface area (Å²) in [6, 6.07) is 1.85. The molecule has 1 N–H and O–H groups in total. The molecule has 92 valence electrons. The highest BCUT2D eigenvalue weighted by Gasteiger charge is 2.25. The Morgan fingerprint density at radius 3 is 2.82 bits per heavy atom. The van der Waals surface area contributed by atoms with Gasteiger partial charge in [-0.25, -0.2) is 4.79 Å². The van der Waals surface area contributed by atoms with Gasteiger partial charge in [-0.1, -0.05) is 20.8 Å². The minimum atomic E-state index is -0.858. The van der Waals surface area contributed by atoms with Crippen molar-refractivity contribution in [3.05, 3.63) is 28.6 Å². The minimum Gasteiger partial charge on any atom is -0.478 e. The standard InChI is InChI=1S/C14H19NO2/c1-4-12-11(14(16)17)7-10-9(3)5-8(2)6-13(10)15-12/h7-9H,4-6H2,1-3H3,(H,16,17). The van der Waals surface area contributed by atoms with Gasteiger partial charge in [-0.3, -0.25) is 4.98 Å². The van der Waals surface area contributed by atoms with Gasteiger partial charge in [0.25, 0.3) is 0 Å². The maximum atomic E-state index is 11.2. The number of aryl methyl sites for hydroxylation is 1. The molecule has 17 heavy (non-hydrogen) atoms. The lowest BCUT2D eigenvalue weighted by Crippen LogP contribution is -2.19. The van der Waals surface area contributed by atoms with Crippen molar-refractivity contribution in [1.82, 2.24) is 4.98 Å². The summed E-state index contributed by atoms with van der Waals surface area (Å²) in [4.78, 5) is 15.8. The molecular weight excluding hydrogens is 214 g/mol. The van der Waals surface area contributed by atoms with Gasteiger partial charge in [0, 0.05) is 5.69 Å². The highest BCUT2D eigenvalue weighted by atomic mass is 16.4. The molecule has 3 nitrogen and oxygen atoms in total. The van der Waals surface area contributed by atoms with Crippen LogP contribution in [0.15, 0.2) is 6.07 Å². The van der Waals surface area contributed by atoms with Crippen LogP contribution in [0.4, 0.5) is 0 Å². The first-order valence-corrected chi connectivity index (χ1v) is 6.28. The van der Waals surface area contributed by atoms with Crippen LogP contribution in [0.5, 0.6) is 0 Å².